The minimum absolute atomic E-state index is 0.0688. The second-order valence-electron chi connectivity index (χ2n) is 8.94. The standard InChI is InChI=1S/C26H29N5O2S/c1-16-7-12-22(17(2)14-16)27-25(32)19-6-5-13-30(15-19)26-28-24-23(34-26)18(3)29-31(24)20-8-10-21(33-4)11-9-20/h7-12,14,19H,5-6,13,15H2,1-4H3,(H,27,32)/t19-/m1/s1. The first-order chi connectivity index (χ1) is 16.4. The number of piperidine rings is 1. The number of benzene rings is 2. The zero-order valence-electron chi connectivity index (χ0n) is 20.0. The number of carbonyl (C=O) groups excluding carboxylic acids is 1. The van der Waals surface area contributed by atoms with Gasteiger partial charge in [0.15, 0.2) is 10.8 Å². The molecule has 2 aromatic heterocycles. The maximum absolute atomic E-state index is 13.1. The molecular formula is C26H29N5O2S. The molecule has 3 heterocycles. The van der Waals surface area contributed by atoms with Crippen LogP contribution in [0.2, 0.25) is 0 Å². The van der Waals surface area contributed by atoms with Gasteiger partial charge in [0.1, 0.15) is 5.75 Å². The molecule has 4 aromatic rings. The Kier molecular flexibility index (Phi) is 6.00. The molecule has 1 aliphatic rings. The molecule has 2 aromatic carbocycles. The zero-order chi connectivity index (χ0) is 23.8. The second-order valence-corrected chi connectivity index (χ2v) is 9.91. The van der Waals surface area contributed by atoms with Crippen molar-refractivity contribution in [2.75, 3.05) is 30.4 Å². The first kappa shape index (κ1) is 22.4. The first-order valence-electron chi connectivity index (χ1n) is 11.6. The zero-order valence-corrected chi connectivity index (χ0v) is 20.8. The molecule has 0 spiro atoms. The largest absolute Gasteiger partial charge is 0.497 e. The molecule has 0 radical (unpaired) electrons. The summed E-state index contributed by atoms with van der Waals surface area (Å²) in [6.45, 7) is 7.68. The van der Waals surface area contributed by atoms with E-state index in [0.717, 1.165) is 63.2 Å². The number of aromatic nitrogens is 3. The number of anilines is 2. The van der Waals surface area contributed by atoms with Gasteiger partial charge in [0, 0.05) is 18.8 Å². The van der Waals surface area contributed by atoms with Gasteiger partial charge in [0.2, 0.25) is 5.91 Å². The van der Waals surface area contributed by atoms with E-state index in [9.17, 15) is 4.79 Å². The fraction of sp³-hybridized carbons (Fsp3) is 0.346. The van der Waals surface area contributed by atoms with Gasteiger partial charge in [0.25, 0.3) is 0 Å². The van der Waals surface area contributed by atoms with E-state index in [1.54, 1.807) is 18.4 Å². The maximum Gasteiger partial charge on any atom is 0.229 e. The molecule has 1 saturated heterocycles. The van der Waals surface area contributed by atoms with E-state index in [0.29, 0.717) is 6.54 Å². The molecule has 5 rings (SSSR count). The number of methoxy groups -OCH3 is 1. The molecular weight excluding hydrogens is 446 g/mol. The number of nitrogens with zero attached hydrogens (tertiary/aromatic N) is 4. The molecule has 1 amide bonds. The smallest absolute Gasteiger partial charge is 0.229 e. The van der Waals surface area contributed by atoms with Crippen molar-refractivity contribution in [1.29, 1.82) is 0 Å². The van der Waals surface area contributed by atoms with Crippen molar-refractivity contribution >= 4 is 38.4 Å². The lowest BCUT2D eigenvalue weighted by atomic mass is 9.97. The topological polar surface area (TPSA) is 72.3 Å². The number of carbonyl (C=O) groups is 1. The first-order valence-corrected chi connectivity index (χ1v) is 12.4. The van der Waals surface area contributed by atoms with Gasteiger partial charge in [-0.05, 0) is 69.5 Å². The van der Waals surface area contributed by atoms with Crippen LogP contribution in [0.15, 0.2) is 42.5 Å². The highest BCUT2D eigenvalue weighted by Crippen LogP contribution is 2.35. The summed E-state index contributed by atoms with van der Waals surface area (Å²) in [5.74, 6) is 0.820. The average Bonchev–Trinajstić information content (AvgIpc) is 3.41. The van der Waals surface area contributed by atoms with Gasteiger partial charge in [-0.15, -0.1) is 0 Å². The number of hydrogen-bond acceptors (Lipinski definition) is 6. The third-order valence-electron chi connectivity index (χ3n) is 6.40. The predicted octanol–water partition coefficient (Wildman–Crippen LogP) is 5.27. The highest BCUT2D eigenvalue weighted by Gasteiger charge is 2.28. The lowest BCUT2D eigenvalue weighted by molar-refractivity contribution is -0.120. The molecule has 0 aliphatic carbocycles. The van der Waals surface area contributed by atoms with Gasteiger partial charge >= 0.3 is 0 Å². The number of ether oxygens (including phenoxy) is 1. The van der Waals surface area contributed by atoms with Crippen molar-refractivity contribution < 1.29 is 9.53 Å². The molecule has 0 unspecified atom stereocenters. The minimum Gasteiger partial charge on any atom is -0.497 e. The fourth-order valence-corrected chi connectivity index (χ4v) is 5.54. The number of rotatable bonds is 5. The van der Waals surface area contributed by atoms with Crippen LogP contribution in [-0.4, -0.2) is 40.9 Å². The highest BCUT2D eigenvalue weighted by atomic mass is 32.1. The summed E-state index contributed by atoms with van der Waals surface area (Å²) in [4.78, 5) is 20.3. The van der Waals surface area contributed by atoms with Crippen LogP contribution >= 0.6 is 11.3 Å². The molecule has 7 nitrogen and oxygen atoms in total. The number of amides is 1. The van der Waals surface area contributed by atoms with Crippen molar-refractivity contribution in [2.24, 2.45) is 5.92 Å². The van der Waals surface area contributed by atoms with Crippen LogP contribution in [0.1, 0.15) is 29.7 Å². The highest BCUT2D eigenvalue weighted by molar-refractivity contribution is 7.22. The summed E-state index contributed by atoms with van der Waals surface area (Å²) >= 11 is 1.65. The monoisotopic (exact) mass is 475 g/mol. The Morgan fingerprint density at radius 3 is 2.68 bits per heavy atom. The van der Waals surface area contributed by atoms with Gasteiger partial charge in [-0.2, -0.15) is 10.1 Å². The molecule has 1 aliphatic heterocycles. The van der Waals surface area contributed by atoms with Crippen LogP contribution in [0.5, 0.6) is 5.75 Å². The van der Waals surface area contributed by atoms with E-state index in [-0.39, 0.29) is 11.8 Å². The number of thiazole rings is 1. The Morgan fingerprint density at radius 2 is 1.94 bits per heavy atom. The van der Waals surface area contributed by atoms with Gasteiger partial charge in [0.05, 0.1) is 29.1 Å². The molecule has 176 valence electrons. The van der Waals surface area contributed by atoms with Crippen molar-refractivity contribution in [2.45, 2.75) is 33.6 Å². The van der Waals surface area contributed by atoms with Gasteiger partial charge in [-0.1, -0.05) is 29.0 Å². The van der Waals surface area contributed by atoms with E-state index in [1.165, 1.54) is 5.56 Å². The minimum atomic E-state index is -0.0688. The summed E-state index contributed by atoms with van der Waals surface area (Å²) in [7, 11) is 1.66. The molecule has 1 N–H and O–H groups in total. The predicted molar refractivity (Wildman–Crippen MR) is 138 cm³/mol. The number of aryl methyl sites for hydroxylation is 3. The lowest BCUT2D eigenvalue weighted by Crippen LogP contribution is -2.40. The Bertz CT molecular complexity index is 1340. The van der Waals surface area contributed by atoms with Gasteiger partial charge < -0.3 is 15.0 Å². The Balaban J connectivity index is 1.36. The van der Waals surface area contributed by atoms with Crippen LogP contribution in [0.4, 0.5) is 10.8 Å². The fourth-order valence-electron chi connectivity index (χ4n) is 4.52. The van der Waals surface area contributed by atoms with Crippen molar-refractivity contribution in [1.82, 2.24) is 14.8 Å². The molecule has 34 heavy (non-hydrogen) atoms. The third kappa shape index (κ3) is 4.25. The SMILES string of the molecule is COc1ccc(-n2nc(C)c3sc(N4CCC[C@@H](C(=O)Nc5ccc(C)cc5C)C4)nc32)cc1. The molecule has 0 saturated carbocycles. The van der Waals surface area contributed by atoms with E-state index in [4.69, 9.17) is 14.8 Å². The van der Waals surface area contributed by atoms with Crippen molar-refractivity contribution in [3.05, 3.63) is 59.3 Å². The Hall–Kier alpha value is -3.39. The van der Waals surface area contributed by atoms with Crippen LogP contribution in [0.25, 0.3) is 16.0 Å². The van der Waals surface area contributed by atoms with Crippen LogP contribution in [-0.2, 0) is 4.79 Å². The summed E-state index contributed by atoms with van der Waals surface area (Å²) in [6, 6.07) is 13.9. The number of hydrogen-bond donors (Lipinski definition) is 1. The van der Waals surface area contributed by atoms with E-state index in [2.05, 4.69) is 23.2 Å². The third-order valence-corrected chi connectivity index (χ3v) is 7.61. The van der Waals surface area contributed by atoms with Gasteiger partial charge in [-0.3, -0.25) is 4.79 Å². The Labute approximate surface area is 203 Å². The van der Waals surface area contributed by atoms with Gasteiger partial charge in [-0.25, -0.2) is 4.68 Å². The summed E-state index contributed by atoms with van der Waals surface area (Å²) in [5.41, 5.74) is 5.92. The normalized spacial score (nSPS) is 16.1. The summed E-state index contributed by atoms with van der Waals surface area (Å²) < 4.78 is 8.24. The lowest BCUT2D eigenvalue weighted by Gasteiger charge is -2.31. The molecule has 1 fully saturated rings. The van der Waals surface area contributed by atoms with Crippen LogP contribution in [0, 0.1) is 26.7 Å². The number of fused-ring (bicyclic) bond motifs is 1. The quantitative estimate of drug-likeness (QED) is 0.426. The maximum atomic E-state index is 13.1. The van der Waals surface area contributed by atoms with E-state index in [1.807, 2.05) is 54.9 Å². The number of nitrogens with one attached hydrogen (secondary N) is 1. The van der Waals surface area contributed by atoms with Crippen molar-refractivity contribution in [3.8, 4) is 11.4 Å². The summed E-state index contributed by atoms with van der Waals surface area (Å²) in [5, 5.41) is 8.80. The van der Waals surface area contributed by atoms with E-state index < -0.39 is 0 Å². The van der Waals surface area contributed by atoms with Crippen molar-refractivity contribution in [3.63, 3.8) is 0 Å². The summed E-state index contributed by atoms with van der Waals surface area (Å²) in [6.07, 6.45) is 1.85. The molecule has 0 bridgehead atoms. The van der Waals surface area contributed by atoms with E-state index >= 15 is 0 Å². The molecule has 8 heteroatoms. The molecule has 1 atom stereocenters. The van der Waals surface area contributed by atoms with Crippen LogP contribution in [0.3, 0.4) is 0 Å². The average molecular weight is 476 g/mol. The van der Waals surface area contributed by atoms with Crippen LogP contribution < -0.4 is 15.0 Å². The second kappa shape index (κ2) is 9.10. The Morgan fingerprint density at radius 1 is 1.15 bits per heavy atom.